The van der Waals surface area contributed by atoms with Crippen molar-refractivity contribution < 1.29 is 9.50 Å². The molecule has 1 aromatic rings. The average molecular weight is 266 g/mol. The van der Waals surface area contributed by atoms with Crippen molar-refractivity contribution in [1.29, 1.82) is 0 Å². The maximum Gasteiger partial charge on any atom is 0.128 e. The molecule has 19 heavy (non-hydrogen) atoms. The van der Waals surface area contributed by atoms with Gasteiger partial charge in [0, 0.05) is 44.4 Å². The summed E-state index contributed by atoms with van der Waals surface area (Å²) in [6, 6.07) is 5.54. The molecule has 0 saturated carbocycles. The predicted molar refractivity (Wildman–Crippen MR) is 74.6 cm³/mol. The van der Waals surface area contributed by atoms with Gasteiger partial charge < -0.3 is 10.4 Å². The zero-order chi connectivity index (χ0) is 13.7. The van der Waals surface area contributed by atoms with Crippen LogP contribution in [0.15, 0.2) is 18.2 Å². The lowest BCUT2D eigenvalue weighted by Crippen LogP contribution is -2.45. The Morgan fingerprint density at radius 2 is 2.11 bits per heavy atom. The van der Waals surface area contributed by atoms with E-state index in [0.717, 1.165) is 43.7 Å². The van der Waals surface area contributed by atoms with Crippen molar-refractivity contribution in [2.24, 2.45) is 0 Å². The van der Waals surface area contributed by atoms with E-state index >= 15 is 0 Å². The third-order valence-corrected chi connectivity index (χ3v) is 3.74. The van der Waals surface area contributed by atoms with Crippen LogP contribution < -0.4 is 5.32 Å². The highest BCUT2D eigenvalue weighted by Crippen LogP contribution is 2.28. The fourth-order valence-electron chi connectivity index (χ4n) is 2.72. The monoisotopic (exact) mass is 266 g/mol. The zero-order valence-corrected chi connectivity index (χ0v) is 11.5. The van der Waals surface area contributed by atoms with Gasteiger partial charge in [-0.25, -0.2) is 4.39 Å². The Kier molecular flexibility index (Phi) is 5.31. The second kappa shape index (κ2) is 6.98. The quantitative estimate of drug-likeness (QED) is 0.854. The standard InChI is InChI=1S/C15H23FN2O/c1-12-4-5-13(14(16)11-12)15(3-2-10-19)18-8-6-17-7-9-18/h4-5,11,15,17,19H,2-3,6-10H2,1H3/t15-/m0/s1. The SMILES string of the molecule is Cc1ccc([C@H](CCCO)N2CCNCC2)c(F)c1. The fourth-order valence-corrected chi connectivity index (χ4v) is 2.72. The fraction of sp³-hybridized carbons (Fsp3) is 0.600. The Bertz CT molecular complexity index is 405. The van der Waals surface area contributed by atoms with Crippen LogP contribution >= 0.6 is 0 Å². The maximum atomic E-state index is 14.2. The molecule has 2 N–H and O–H groups in total. The first-order chi connectivity index (χ1) is 9.22. The molecule has 4 heteroatoms. The highest BCUT2D eigenvalue weighted by Gasteiger charge is 2.24. The Morgan fingerprint density at radius 1 is 1.37 bits per heavy atom. The van der Waals surface area contributed by atoms with Crippen molar-refractivity contribution in [1.82, 2.24) is 10.2 Å². The predicted octanol–water partition coefficient (Wildman–Crippen LogP) is 1.85. The highest BCUT2D eigenvalue weighted by atomic mass is 19.1. The smallest absolute Gasteiger partial charge is 0.128 e. The van der Waals surface area contributed by atoms with Crippen LogP contribution in [0, 0.1) is 12.7 Å². The summed E-state index contributed by atoms with van der Waals surface area (Å²) in [6.07, 6.45) is 1.51. The van der Waals surface area contributed by atoms with E-state index in [9.17, 15) is 4.39 Å². The topological polar surface area (TPSA) is 35.5 Å². The van der Waals surface area contributed by atoms with Gasteiger partial charge >= 0.3 is 0 Å². The van der Waals surface area contributed by atoms with Gasteiger partial charge in [0.25, 0.3) is 0 Å². The van der Waals surface area contributed by atoms with Crippen LogP contribution in [0.1, 0.15) is 30.0 Å². The van der Waals surface area contributed by atoms with Gasteiger partial charge in [0.05, 0.1) is 0 Å². The number of piperazine rings is 1. The number of rotatable bonds is 5. The molecule has 0 bridgehead atoms. The Morgan fingerprint density at radius 3 is 2.74 bits per heavy atom. The van der Waals surface area contributed by atoms with Crippen molar-refractivity contribution in [3.8, 4) is 0 Å². The lowest BCUT2D eigenvalue weighted by Gasteiger charge is -2.35. The van der Waals surface area contributed by atoms with E-state index in [2.05, 4.69) is 10.2 Å². The molecular weight excluding hydrogens is 243 g/mol. The number of hydrogen-bond acceptors (Lipinski definition) is 3. The molecule has 0 aromatic heterocycles. The minimum Gasteiger partial charge on any atom is -0.396 e. The number of halogens is 1. The normalized spacial score (nSPS) is 18.5. The van der Waals surface area contributed by atoms with Crippen molar-refractivity contribution >= 4 is 0 Å². The van der Waals surface area contributed by atoms with Gasteiger partial charge in [-0.05, 0) is 31.4 Å². The van der Waals surface area contributed by atoms with E-state index in [-0.39, 0.29) is 18.5 Å². The highest BCUT2D eigenvalue weighted by molar-refractivity contribution is 5.26. The van der Waals surface area contributed by atoms with Crippen LogP contribution in [0.3, 0.4) is 0 Å². The maximum absolute atomic E-state index is 14.2. The van der Waals surface area contributed by atoms with Gasteiger partial charge in [0.15, 0.2) is 0 Å². The second-order valence-electron chi connectivity index (χ2n) is 5.19. The van der Waals surface area contributed by atoms with Gasteiger partial charge in [-0.15, -0.1) is 0 Å². The molecule has 1 atom stereocenters. The second-order valence-corrected chi connectivity index (χ2v) is 5.19. The summed E-state index contributed by atoms with van der Waals surface area (Å²) in [5.74, 6) is -0.124. The molecule has 1 aliphatic heterocycles. The largest absolute Gasteiger partial charge is 0.396 e. The Hall–Kier alpha value is -0.970. The number of nitrogens with zero attached hydrogens (tertiary/aromatic N) is 1. The molecule has 2 rings (SSSR count). The lowest BCUT2D eigenvalue weighted by atomic mass is 9.98. The van der Waals surface area contributed by atoms with Crippen LogP contribution in [0.25, 0.3) is 0 Å². The molecule has 0 amide bonds. The zero-order valence-electron chi connectivity index (χ0n) is 11.5. The Balaban J connectivity index is 2.19. The van der Waals surface area contributed by atoms with Crippen LogP contribution in [-0.2, 0) is 0 Å². The number of aliphatic hydroxyl groups excluding tert-OH is 1. The van der Waals surface area contributed by atoms with E-state index in [1.807, 2.05) is 19.1 Å². The van der Waals surface area contributed by atoms with E-state index in [1.54, 1.807) is 6.07 Å². The average Bonchev–Trinajstić information content (AvgIpc) is 2.42. The minimum atomic E-state index is -0.124. The third kappa shape index (κ3) is 3.75. The molecule has 3 nitrogen and oxygen atoms in total. The summed E-state index contributed by atoms with van der Waals surface area (Å²) in [7, 11) is 0. The lowest BCUT2D eigenvalue weighted by molar-refractivity contribution is 0.151. The van der Waals surface area contributed by atoms with Crippen molar-refractivity contribution in [3.05, 3.63) is 35.1 Å². The van der Waals surface area contributed by atoms with Crippen LogP contribution in [0.5, 0.6) is 0 Å². The first-order valence-electron chi connectivity index (χ1n) is 7.04. The number of nitrogens with one attached hydrogen (secondary N) is 1. The van der Waals surface area contributed by atoms with Crippen LogP contribution in [0.2, 0.25) is 0 Å². The number of benzene rings is 1. The summed E-state index contributed by atoms with van der Waals surface area (Å²) in [6.45, 7) is 5.83. The summed E-state index contributed by atoms with van der Waals surface area (Å²) >= 11 is 0. The number of hydrogen-bond donors (Lipinski definition) is 2. The molecule has 1 heterocycles. The molecular formula is C15H23FN2O. The first kappa shape index (κ1) is 14.4. The minimum absolute atomic E-state index is 0.0786. The van der Waals surface area contributed by atoms with Gasteiger partial charge in [0.2, 0.25) is 0 Å². The summed E-state index contributed by atoms with van der Waals surface area (Å²) < 4.78 is 14.2. The molecule has 0 unspecified atom stereocenters. The molecule has 0 aliphatic carbocycles. The molecule has 1 saturated heterocycles. The molecule has 1 fully saturated rings. The third-order valence-electron chi connectivity index (χ3n) is 3.74. The van der Waals surface area contributed by atoms with Crippen molar-refractivity contribution in [2.45, 2.75) is 25.8 Å². The molecule has 1 aliphatic rings. The van der Waals surface area contributed by atoms with Gasteiger partial charge in [-0.2, -0.15) is 0 Å². The molecule has 0 radical (unpaired) electrons. The van der Waals surface area contributed by atoms with E-state index in [4.69, 9.17) is 5.11 Å². The van der Waals surface area contributed by atoms with Crippen LogP contribution in [-0.4, -0.2) is 42.8 Å². The number of aryl methyl sites for hydroxylation is 1. The first-order valence-corrected chi connectivity index (χ1v) is 7.04. The summed E-state index contributed by atoms with van der Waals surface area (Å²) in [4.78, 5) is 2.32. The summed E-state index contributed by atoms with van der Waals surface area (Å²) in [5.41, 5.74) is 1.71. The number of aliphatic hydroxyl groups is 1. The van der Waals surface area contributed by atoms with Crippen molar-refractivity contribution in [3.63, 3.8) is 0 Å². The Labute approximate surface area is 114 Å². The molecule has 0 spiro atoms. The van der Waals surface area contributed by atoms with E-state index in [1.165, 1.54) is 0 Å². The van der Waals surface area contributed by atoms with Gasteiger partial charge in [-0.3, -0.25) is 4.90 Å². The van der Waals surface area contributed by atoms with E-state index in [0.29, 0.717) is 6.42 Å². The van der Waals surface area contributed by atoms with Crippen LogP contribution in [0.4, 0.5) is 4.39 Å². The van der Waals surface area contributed by atoms with Crippen molar-refractivity contribution in [2.75, 3.05) is 32.8 Å². The molecule has 106 valence electrons. The molecule has 1 aromatic carbocycles. The van der Waals surface area contributed by atoms with E-state index < -0.39 is 0 Å². The van der Waals surface area contributed by atoms with Gasteiger partial charge in [-0.1, -0.05) is 12.1 Å². The summed E-state index contributed by atoms with van der Waals surface area (Å²) in [5, 5.41) is 12.4. The van der Waals surface area contributed by atoms with Gasteiger partial charge in [0.1, 0.15) is 5.82 Å².